The predicted molar refractivity (Wildman–Crippen MR) is 122 cm³/mol. The standard InChI is InChI=1S/C22H22N6O2S/c1-27-19-7-15(9-23)16(24)8-20(19)31-12-18(22(27)30)26-21(29)17-11-28(13-25-17)10-14-5-3-2-4-6-14/h2-9,11,13,18,23H,10,12,24H2,1H3,(H,26,29)/t18-/m0/s1. The Morgan fingerprint density at radius 2 is 2.13 bits per heavy atom. The second kappa shape index (κ2) is 8.65. The van der Waals surface area contributed by atoms with Crippen molar-refractivity contribution >= 4 is 41.2 Å². The highest BCUT2D eigenvalue weighted by Gasteiger charge is 2.31. The lowest BCUT2D eigenvalue weighted by Gasteiger charge is -2.22. The summed E-state index contributed by atoms with van der Waals surface area (Å²) in [5.41, 5.74) is 9.05. The molecule has 158 valence electrons. The van der Waals surface area contributed by atoms with Gasteiger partial charge in [0.2, 0.25) is 5.91 Å². The average Bonchev–Trinajstić information content (AvgIpc) is 3.21. The van der Waals surface area contributed by atoms with E-state index in [0.29, 0.717) is 29.2 Å². The lowest BCUT2D eigenvalue weighted by Crippen LogP contribution is -2.48. The van der Waals surface area contributed by atoms with Crippen molar-refractivity contribution in [3.05, 3.63) is 71.8 Å². The van der Waals surface area contributed by atoms with E-state index >= 15 is 0 Å². The molecular formula is C22H22N6O2S. The number of fused-ring (bicyclic) bond motifs is 1. The minimum absolute atomic E-state index is 0.232. The zero-order chi connectivity index (χ0) is 22.0. The fraction of sp³-hybridized carbons (Fsp3) is 0.182. The zero-order valence-corrected chi connectivity index (χ0v) is 17.7. The molecule has 2 aromatic carbocycles. The topological polar surface area (TPSA) is 117 Å². The number of nitrogens with zero attached hydrogens (tertiary/aromatic N) is 3. The smallest absolute Gasteiger partial charge is 0.272 e. The number of carbonyl (C=O) groups is 2. The molecule has 4 N–H and O–H groups in total. The minimum Gasteiger partial charge on any atom is -0.398 e. The molecule has 2 amide bonds. The molecule has 2 heterocycles. The second-order valence-electron chi connectivity index (χ2n) is 7.24. The van der Waals surface area contributed by atoms with Gasteiger partial charge in [-0.25, -0.2) is 4.98 Å². The van der Waals surface area contributed by atoms with E-state index in [-0.39, 0.29) is 11.6 Å². The molecule has 0 spiro atoms. The molecule has 0 bridgehead atoms. The van der Waals surface area contributed by atoms with Gasteiger partial charge in [-0.3, -0.25) is 9.59 Å². The van der Waals surface area contributed by atoms with E-state index in [9.17, 15) is 9.59 Å². The van der Waals surface area contributed by atoms with Crippen molar-refractivity contribution in [1.82, 2.24) is 14.9 Å². The Kier molecular flexibility index (Phi) is 5.77. The van der Waals surface area contributed by atoms with E-state index in [4.69, 9.17) is 11.1 Å². The quantitative estimate of drug-likeness (QED) is 0.421. The van der Waals surface area contributed by atoms with Crippen LogP contribution in [0.1, 0.15) is 21.6 Å². The van der Waals surface area contributed by atoms with Gasteiger partial charge in [0.1, 0.15) is 11.7 Å². The summed E-state index contributed by atoms with van der Waals surface area (Å²) in [5.74, 6) is -0.260. The minimum atomic E-state index is -0.709. The van der Waals surface area contributed by atoms with Crippen LogP contribution in [0.2, 0.25) is 0 Å². The molecular weight excluding hydrogens is 412 g/mol. The summed E-state index contributed by atoms with van der Waals surface area (Å²) in [6.07, 6.45) is 4.44. The van der Waals surface area contributed by atoms with E-state index in [0.717, 1.165) is 16.7 Å². The first-order valence-corrected chi connectivity index (χ1v) is 10.7. The van der Waals surface area contributed by atoms with Gasteiger partial charge in [0.05, 0.1) is 12.0 Å². The van der Waals surface area contributed by atoms with Gasteiger partial charge >= 0.3 is 0 Å². The van der Waals surface area contributed by atoms with Gasteiger partial charge < -0.3 is 25.9 Å². The summed E-state index contributed by atoms with van der Waals surface area (Å²) in [5, 5.41) is 10.3. The maximum absolute atomic E-state index is 13.0. The fourth-order valence-corrected chi connectivity index (χ4v) is 4.52. The molecule has 0 unspecified atom stereocenters. The van der Waals surface area contributed by atoms with Crippen LogP contribution in [-0.2, 0) is 11.3 Å². The lowest BCUT2D eigenvalue weighted by molar-refractivity contribution is -0.119. The third-order valence-electron chi connectivity index (χ3n) is 5.09. The van der Waals surface area contributed by atoms with E-state index in [1.807, 2.05) is 34.9 Å². The van der Waals surface area contributed by atoms with Gasteiger partial charge in [0, 0.05) is 47.9 Å². The molecule has 0 fully saturated rings. The van der Waals surface area contributed by atoms with Gasteiger partial charge in [-0.1, -0.05) is 30.3 Å². The van der Waals surface area contributed by atoms with Crippen LogP contribution < -0.4 is 16.0 Å². The number of anilines is 2. The Hall–Kier alpha value is -3.59. The van der Waals surface area contributed by atoms with Gasteiger partial charge in [-0.2, -0.15) is 0 Å². The van der Waals surface area contributed by atoms with Crippen LogP contribution in [0.4, 0.5) is 11.4 Å². The number of hydrogen-bond donors (Lipinski definition) is 3. The van der Waals surface area contributed by atoms with Gasteiger partial charge in [0.25, 0.3) is 5.91 Å². The van der Waals surface area contributed by atoms with E-state index in [1.165, 1.54) is 16.7 Å². The zero-order valence-electron chi connectivity index (χ0n) is 16.9. The largest absolute Gasteiger partial charge is 0.398 e. The number of nitrogen functional groups attached to an aromatic ring is 1. The number of amides is 2. The maximum Gasteiger partial charge on any atom is 0.272 e. The number of imidazole rings is 1. The van der Waals surface area contributed by atoms with Crippen molar-refractivity contribution in [2.24, 2.45) is 0 Å². The highest BCUT2D eigenvalue weighted by Crippen LogP contribution is 2.36. The van der Waals surface area contributed by atoms with E-state index in [1.54, 1.807) is 31.7 Å². The van der Waals surface area contributed by atoms with Crippen molar-refractivity contribution in [2.75, 3.05) is 23.4 Å². The van der Waals surface area contributed by atoms with E-state index in [2.05, 4.69) is 10.3 Å². The number of aromatic nitrogens is 2. The molecule has 3 aromatic rings. The number of nitrogens with two attached hydrogens (primary N) is 1. The van der Waals surface area contributed by atoms with Crippen molar-refractivity contribution < 1.29 is 9.59 Å². The first-order chi connectivity index (χ1) is 15.0. The summed E-state index contributed by atoms with van der Waals surface area (Å²) < 4.78 is 1.83. The first kappa shape index (κ1) is 20.7. The maximum atomic E-state index is 13.0. The predicted octanol–water partition coefficient (Wildman–Crippen LogP) is 2.38. The van der Waals surface area contributed by atoms with E-state index < -0.39 is 11.9 Å². The normalized spacial score (nSPS) is 15.8. The Balaban J connectivity index is 1.48. The SMILES string of the molecule is CN1C(=O)[C@@H](NC(=O)c2cn(Cc3ccccc3)cn2)CSc2cc(N)c(C=N)cc21. The summed E-state index contributed by atoms with van der Waals surface area (Å²) in [7, 11) is 1.66. The van der Waals surface area contributed by atoms with Crippen molar-refractivity contribution in [3.8, 4) is 0 Å². The molecule has 1 aliphatic heterocycles. The number of nitrogens with one attached hydrogen (secondary N) is 2. The molecule has 0 saturated heterocycles. The van der Waals surface area contributed by atoms with Crippen molar-refractivity contribution in [3.63, 3.8) is 0 Å². The molecule has 0 aliphatic carbocycles. The molecule has 1 aliphatic rings. The van der Waals surface area contributed by atoms with Crippen LogP contribution in [-0.4, -0.2) is 46.4 Å². The van der Waals surface area contributed by atoms with Gasteiger partial charge in [0.15, 0.2) is 0 Å². The Morgan fingerprint density at radius 3 is 2.87 bits per heavy atom. The van der Waals surface area contributed by atoms with Crippen LogP contribution in [0, 0.1) is 5.41 Å². The number of likely N-dealkylation sites (N-methyl/N-ethyl adjacent to an activating group) is 1. The molecule has 4 rings (SSSR count). The van der Waals surface area contributed by atoms with Crippen LogP contribution >= 0.6 is 11.8 Å². The van der Waals surface area contributed by atoms with Gasteiger partial charge in [-0.15, -0.1) is 11.8 Å². The third-order valence-corrected chi connectivity index (χ3v) is 6.23. The highest BCUT2D eigenvalue weighted by molar-refractivity contribution is 7.99. The van der Waals surface area contributed by atoms with Crippen LogP contribution in [0.3, 0.4) is 0 Å². The molecule has 1 atom stereocenters. The Labute approximate surface area is 184 Å². The highest BCUT2D eigenvalue weighted by atomic mass is 32.2. The number of rotatable bonds is 5. The third kappa shape index (κ3) is 4.31. The summed E-state index contributed by atoms with van der Waals surface area (Å²) >= 11 is 1.44. The Bertz CT molecular complexity index is 1140. The molecule has 0 saturated carbocycles. The monoisotopic (exact) mass is 434 g/mol. The Morgan fingerprint density at radius 1 is 1.35 bits per heavy atom. The van der Waals surface area contributed by atoms with Crippen molar-refractivity contribution in [2.45, 2.75) is 17.5 Å². The molecule has 8 nitrogen and oxygen atoms in total. The second-order valence-corrected chi connectivity index (χ2v) is 8.31. The van der Waals surface area contributed by atoms with Crippen LogP contribution in [0.25, 0.3) is 0 Å². The lowest BCUT2D eigenvalue weighted by atomic mass is 10.1. The summed E-state index contributed by atoms with van der Waals surface area (Å²) in [6, 6.07) is 12.7. The van der Waals surface area contributed by atoms with Crippen LogP contribution in [0.15, 0.2) is 59.9 Å². The number of hydrogen-bond acceptors (Lipinski definition) is 6. The number of thioether (sulfide) groups is 1. The number of benzene rings is 2. The molecule has 31 heavy (non-hydrogen) atoms. The molecule has 9 heteroatoms. The molecule has 1 aromatic heterocycles. The summed E-state index contributed by atoms with van der Waals surface area (Å²) in [6.45, 7) is 0.605. The average molecular weight is 435 g/mol. The van der Waals surface area contributed by atoms with Crippen molar-refractivity contribution in [1.29, 1.82) is 5.41 Å². The summed E-state index contributed by atoms with van der Waals surface area (Å²) in [4.78, 5) is 32.3. The fourth-order valence-electron chi connectivity index (χ4n) is 3.39. The number of carbonyl (C=O) groups excluding carboxylic acids is 2. The molecule has 0 radical (unpaired) electrons. The first-order valence-electron chi connectivity index (χ1n) is 9.67. The van der Waals surface area contributed by atoms with Crippen LogP contribution in [0.5, 0.6) is 0 Å². The van der Waals surface area contributed by atoms with Gasteiger partial charge in [-0.05, 0) is 17.7 Å².